The highest BCUT2D eigenvalue weighted by molar-refractivity contribution is 9.10. The summed E-state index contributed by atoms with van der Waals surface area (Å²) in [6.45, 7) is 13.8. The van der Waals surface area contributed by atoms with Gasteiger partial charge in [0.2, 0.25) is 0 Å². The average molecular weight is 1660 g/mol. The van der Waals surface area contributed by atoms with E-state index >= 15 is 0 Å². The van der Waals surface area contributed by atoms with Crippen molar-refractivity contribution in [3.05, 3.63) is 439 Å². The molecule has 596 valence electrons. The van der Waals surface area contributed by atoms with Gasteiger partial charge in [0, 0.05) is 98.2 Å². The largest absolute Gasteiger partial charge is 0.353 e. The van der Waals surface area contributed by atoms with Crippen LogP contribution in [0.3, 0.4) is 0 Å². The van der Waals surface area contributed by atoms with Gasteiger partial charge in [0.15, 0.2) is 0 Å². The molecule has 24 rings (SSSR count). The lowest BCUT2D eigenvalue weighted by atomic mass is 9.82. The Morgan fingerprint density at radius 1 is 0.258 bits per heavy atom. The fourth-order valence-corrected chi connectivity index (χ4v) is 20.4. The summed E-state index contributed by atoms with van der Waals surface area (Å²) in [5.41, 5.74) is 28.5. The molecule has 0 atom stereocenters. The maximum atomic E-state index is 3.76. The standard InChI is InChI=1S/C57H40N2.C33H26BrN.C24H15N.C5H12/c1-57(2)52-23-13-12-20-47(52)48-35-33-43(36-53(48)57)58(40-27-24-38(25-28-40)37-14-4-3-5-15-37)41-29-31-42(32-30-41)59-55-44-17-7-6-16-39(44)26-34-51(55)54-49-21-10-8-18-45(49)46-19-9-11-22-50(46)56(54)59;1-33(2)31-11-7-6-10-29(31)30-21-20-28(22-32(30)33)35(27-18-14-25(34)15-19-27)26-16-12-24(13-17-26)23-8-4-3-5-9-23;1-2-8-16-15(7-1)13-14-21-22-19-11-5-3-9-17(19)18-10-4-6-12-20(18)24(22)25-23(16)21;1-3-5-4-2/h3-36H,1-2H3;3-22H,1-2H3;1-14,25H;3-5H2,1-2H3. The van der Waals surface area contributed by atoms with Crippen LogP contribution in [0.1, 0.15) is 83.1 Å². The van der Waals surface area contributed by atoms with Crippen LogP contribution in [0.4, 0.5) is 34.1 Å². The highest BCUT2D eigenvalue weighted by Gasteiger charge is 2.38. The van der Waals surface area contributed by atoms with E-state index in [1.165, 1.54) is 200 Å². The lowest BCUT2D eigenvalue weighted by Gasteiger charge is -2.28. The Hall–Kier alpha value is -14.4. The van der Waals surface area contributed by atoms with Crippen LogP contribution in [0, 0.1) is 0 Å². The van der Waals surface area contributed by atoms with Gasteiger partial charge in [0.05, 0.1) is 22.1 Å². The Morgan fingerprint density at radius 3 is 1.10 bits per heavy atom. The first-order valence-electron chi connectivity index (χ1n) is 43.6. The van der Waals surface area contributed by atoms with Gasteiger partial charge in [-0.1, -0.05) is 392 Å². The van der Waals surface area contributed by atoms with Crippen LogP contribution in [0.2, 0.25) is 0 Å². The molecule has 5 heteroatoms. The van der Waals surface area contributed by atoms with Crippen LogP contribution in [-0.4, -0.2) is 9.55 Å². The normalized spacial score (nSPS) is 12.7. The van der Waals surface area contributed by atoms with Gasteiger partial charge >= 0.3 is 0 Å². The Labute approximate surface area is 733 Å². The van der Waals surface area contributed by atoms with Crippen LogP contribution in [0.15, 0.2) is 417 Å². The zero-order chi connectivity index (χ0) is 83.7. The van der Waals surface area contributed by atoms with E-state index in [1.807, 2.05) is 0 Å². The SMILES string of the molecule is CC1(C)c2ccccc2-c2ccc(N(c3ccc(-c4ccccc4)cc3)c3ccc(-n4c5c6ccccc6ccc5c5c6ccccc6c6ccccc6c54)cc3)cc21.CC1(C)c2ccccc2-c2ccc(N(c3ccc(Br)cc3)c3ccc(-c4ccccc4)cc3)cc21.CCCCC.c1ccc2c(c1)ccc1c2[nH]c2c3ccccc3c3ccccc3c12. The number of fused-ring (bicyclic) bond motifs is 26. The zero-order valence-electron chi connectivity index (χ0n) is 70.6. The van der Waals surface area contributed by atoms with E-state index in [4.69, 9.17) is 0 Å². The predicted molar refractivity (Wildman–Crippen MR) is 536 cm³/mol. The maximum absolute atomic E-state index is 3.76. The monoisotopic (exact) mass is 1660 g/mol. The number of H-pyrrole nitrogens is 1. The summed E-state index contributed by atoms with van der Waals surface area (Å²) in [7, 11) is 0. The summed E-state index contributed by atoms with van der Waals surface area (Å²) < 4.78 is 3.60. The maximum Gasteiger partial charge on any atom is 0.0626 e. The molecule has 0 unspecified atom stereocenters. The van der Waals surface area contributed by atoms with Crippen LogP contribution in [0.25, 0.3) is 158 Å². The number of benzene rings is 20. The van der Waals surface area contributed by atoms with Crippen molar-refractivity contribution in [2.45, 2.75) is 71.6 Å². The third-order valence-electron chi connectivity index (χ3n) is 26.2. The van der Waals surface area contributed by atoms with E-state index in [1.54, 1.807) is 0 Å². The Balaban J connectivity index is 0.000000122. The average Bonchev–Trinajstić information content (AvgIpc) is 1.54. The fraction of sp³-hybridized carbons (Fsp3) is 0.0924. The molecule has 0 bridgehead atoms. The number of aromatic nitrogens is 2. The molecular weight excluding hydrogens is 1570 g/mol. The van der Waals surface area contributed by atoms with Gasteiger partial charge in [-0.25, -0.2) is 0 Å². The Morgan fingerprint density at radius 2 is 0.613 bits per heavy atom. The molecule has 0 fully saturated rings. The van der Waals surface area contributed by atoms with E-state index in [0.717, 1.165) is 38.6 Å². The van der Waals surface area contributed by atoms with E-state index < -0.39 is 0 Å². The van der Waals surface area contributed by atoms with Crippen molar-refractivity contribution < 1.29 is 0 Å². The molecule has 0 radical (unpaired) electrons. The fourth-order valence-electron chi connectivity index (χ4n) is 20.1. The topological polar surface area (TPSA) is 27.2 Å². The number of halogens is 1. The molecule has 20 aromatic carbocycles. The van der Waals surface area contributed by atoms with Crippen LogP contribution in [-0.2, 0) is 10.8 Å². The van der Waals surface area contributed by atoms with Crippen molar-refractivity contribution >= 4 is 158 Å². The third-order valence-corrected chi connectivity index (χ3v) is 26.7. The number of nitrogens with zero attached hydrogens (tertiary/aromatic N) is 3. The van der Waals surface area contributed by atoms with Crippen molar-refractivity contribution in [3.8, 4) is 50.2 Å². The second kappa shape index (κ2) is 31.9. The summed E-state index contributed by atoms with van der Waals surface area (Å²) >= 11 is 3.60. The van der Waals surface area contributed by atoms with Crippen molar-refractivity contribution in [2.24, 2.45) is 0 Å². The molecule has 0 aliphatic heterocycles. The molecule has 0 amide bonds. The first kappa shape index (κ1) is 77.0. The van der Waals surface area contributed by atoms with Crippen LogP contribution >= 0.6 is 15.9 Å². The third kappa shape index (κ3) is 13.3. The highest BCUT2D eigenvalue weighted by Crippen LogP contribution is 2.54. The molecule has 0 saturated heterocycles. The number of unbranched alkanes of at least 4 members (excludes halogenated alkanes) is 2. The molecule has 124 heavy (non-hydrogen) atoms. The Bertz CT molecular complexity index is 7830. The summed E-state index contributed by atoms with van der Waals surface area (Å²) in [6.07, 6.45) is 4.08. The number of nitrogens with one attached hydrogen (secondary N) is 1. The smallest absolute Gasteiger partial charge is 0.0626 e. The lowest BCUT2D eigenvalue weighted by molar-refractivity contribution is 0.660. The minimum Gasteiger partial charge on any atom is -0.353 e. The number of hydrogen-bond donors (Lipinski definition) is 1. The second-order valence-corrected chi connectivity index (χ2v) is 35.1. The second-order valence-electron chi connectivity index (χ2n) is 34.2. The number of rotatable bonds is 11. The van der Waals surface area contributed by atoms with Gasteiger partial charge in [0.1, 0.15) is 0 Å². The summed E-state index contributed by atoms with van der Waals surface area (Å²) in [4.78, 5) is 8.52. The summed E-state index contributed by atoms with van der Waals surface area (Å²) in [6, 6.07) is 150. The Kier molecular flexibility index (Phi) is 19.8. The molecule has 0 spiro atoms. The molecule has 2 aromatic heterocycles. The minimum absolute atomic E-state index is 0.0372. The van der Waals surface area contributed by atoms with Crippen molar-refractivity contribution in [2.75, 3.05) is 9.80 Å². The molecule has 2 aliphatic rings. The molecule has 1 N–H and O–H groups in total. The highest BCUT2D eigenvalue weighted by atomic mass is 79.9. The van der Waals surface area contributed by atoms with Gasteiger partial charge in [-0.15, -0.1) is 0 Å². The van der Waals surface area contributed by atoms with Crippen LogP contribution < -0.4 is 9.80 Å². The zero-order valence-corrected chi connectivity index (χ0v) is 72.2. The molecule has 4 nitrogen and oxygen atoms in total. The van der Waals surface area contributed by atoms with Crippen molar-refractivity contribution in [1.82, 2.24) is 9.55 Å². The lowest BCUT2D eigenvalue weighted by Crippen LogP contribution is -2.16. The quantitative estimate of drug-likeness (QED) is 0.131. The molecule has 0 saturated carbocycles. The molecule has 2 heterocycles. The van der Waals surface area contributed by atoms with E-state index in [2.05, 4.69) is 489 Å². The molecule has 22 aromatic rings. The van der Waals surface area contributed by atoms with E-state index in [9.17, 15) is 0 Å². The molecular formula is C119H93BrN4. The van der Waals surface area contributed by atoms with Crippen LogP contribution in [0.5, 0.6) is 0 Å². The minimum atomic E-state index is -0.110. The number of aromatic amines is 1. The van der Waals surface area contributed by atoms with Gasteiger partial charge in [-0.3, -0.25) is 0 Å². The van der Waals surface area contributed by atoms with E-state index in [0.29, 0.717) is 0 Å². The van der Waals surface area contributed by atoms with Gasteiger partial charge < -0.3 is 19.4 Å². The summed E-state index contributed by atoms with van der Waals surface area (Å²) in [5, 5.41) is 20.6. The van der Waals surface area contributed by atoms with Gasteiger partial charge in [0.25, 0.3) is 0 Å². The van der Waals surface area contributed by atoms with Gasteiger partial charge in [-0.2, -0.15) is 0 Å². The first-order chi connectivity index (χ1) is 60.9. The molecule has 2 aliphatic carbocycles. The predicted octanol–water partition coefficient (Wildman–Crippen LogP) is 34.6. The first-order valence-corrected chi connectivity index (χ1v) is 44.4. The summed E-state index contributed by atoms with van der Waals surface area (Å²) in [5.74, 6) is 0. The van der Waals surface area contributed by atoms with Crippen molar-refractivity contribution in [1.29, 1.82) is 0 Å². The van der Waals surface area contributed by atoms with Crippen molar-refractivity contribution in [3.63, 3.8) is 0 Å². The number of hydrogen-bond acceptors (Lipinski definition) is 2. The number of anilines is 6. The van der Waals surface area contributed by atoms with E-state index in [-0.39, 0.29) is 10.8 Å². The van der Waals surface area contributed by atoms with Gasteiger partial charge in [-0.05, 0) is 207 Å².